The average molecular weight is 259 g/mol. The molecule has 3 N–H and O–H groups in total. The second-order valence-electron chi connectivity index (χ2n) is 2.51. The molecular weight excluding hydrogens is 254 g/mol. The van der Waals surface area contributed by atoms with E-state index in [1.807, 2.05) is 0 Å². The summed E-state index contributed by atoms with van der Waals surface area (Å²) in [4.78, 5) is 2.15. The normalized spacial score (nSPS) is 12.0. The summed E-state index contributed by atoms with van der Waals surface area (Å²) in [6.45, 7) is 0. The average Bonchev–Trinajstić information content (AvgIpc) is 2.00. The molecule has 0 radical (unpaired) electrons. The smallest absolute Gasteiger partial charge is 0.282 e. The molecule has 15 heavy (non-hydrogen) atoms. The van der Waals surface area contributed by atoms with Gasteiger partial charge in [0.2, 0.25) is 0 Å². The maximum Gasteiger partial charge on any atom is 0.282 e. The Kier molecular flexibility index (Phi) is 3.00. The lowest BCUT2D eigenvalue weighted by Gasteiger charge is -2.08. The van der Waals surface area contributed by atoms with Crippen molar-refractivity contribution in [3.63, 3.8) is 0 Å². The van der Waals surface area contributed by atoms with Crippen molar-refractivity contribution in [2.45, 2.75) is 11.3 Å². The van der Waals surface area contributed by atoms with Gasteiger partial charge in [0.25, 0.3) is 15.5 Å². The molecule has 0 amide bonds. The number of hydrogen-bond donors (Lipinski definition) is 2. The lowest BCUT2D eigenvalue weighted by molar-refractivity contribution is 0.146. The lowest BCUT2D eigenvalue weighted by Crippen LogP contribution is -2.05. The van der Waals surface area contributed by atoms with Gasteiger partial charge >= 0.3 is 0 Å². The summed E-state index contributed by atoms with van der Waals surface area (Å²) in [7, 11) is 0.509. The van der Waals surface area contributed by atoms with Crippen LogP contribution in [0.3, 0.4) is 0 Å². The van der Waals surface area contributed by atoms with Crippen molar-refractivity contribution in [1.82, 2.24) is 4.98 Å². The summed E-state index contributed by atoms with van der Waals surface area (Å²) in [5, 5.41) is 9.08. The van der Waals surface area contributed by atoms with Crippen molar-refractivity contribution in [3.05, 3.63) is 11.9 Å². The van der Waals surface area contributed by atoms with Crippen LogP contribution in [0.4, 0.5) is 14.5 Å². The van der Waals surface area contributed by atoms with E-state index in [0.717, 1.165) is 0 Å². The van der Waals surface area contributed by atoms with E-state index in [4.69, 9.17) is 21.5 Å². The van der Waals surface area contributed by atoms with Crippen molar-refractivity contribution in [2.75, 3.05) is 5.73 Å². The highest BCUT2D eigenvalue weighted by Crippen LogP contribution is 2.35. The minimum absolute atomic E-state index is 0.549. The van der Waals surface area contributed by atoms with Crippen LogP contribution in [-0.4, -0.2) is 18.5 Å². The zero-order chi connectivity index (χ0) is 11.8. The topological polar surface area (TPSA) is 93.3 Å². The molecule has 5 nitrogen and oxygen atoms in total. The summed E-state index contributed by atoms with van der Waals surface area (Å²) in [6, 6.07) is 0. The third-order valence-electron chi connectivity index (χ3n) is 1.53. The highest BCUT2D eigenvalue weighted by molar-refractivity contribution is 8.14. The number of rotatable bonds is 2. The van der Waals surface area contributed by atoms with E-state index >= 15 is 0 Å². The molecule has 0 aromatic carbocycles. The van der Waals surface area contributed by atoms with Gasteiger partial charge < -0.3 is 10.8 Å². The first-order valence-corrected chi connectivity index (χ1v) is 5.76. The van der Waals surface area contributed by atoms with Crippen LogP contribution < -0.4 is 5.73 Å². The molecule has 0 unspecified atom stereocenters. The van der Waals surface area contributed by atoms with E-state index in [9.17, 15) is 17.2 Å². The highest BCUT2D eigenvalue weighted by Gasteiger charge is 2.26. The molecule has 84 valence electrons. The second-order valence-corrected chi connectivity index (χ2v) is 5.01. The van der Waals surface area contributed by atoms with Crippen LogP contribution in [-0.2, 0) is 9.05 Å². The molecule has 0 bridgehead atoms. The van der Waals surface area contributed by atoms with E-state index in [1.165, 1.54) is 0 Å². The Hall–Kier alpha value is -1.15. The van der Waals surface area contributed by atoms with Crippen LogP contribution in [0.1, 0.15) is 12.1 Å². The highest BCUT2D eigenvalue weighted by atomic mass is 35.7. The Morgan fingerprint density at radius 1 is 1.53 bits per heavy atom. The second kappa shape index (κ2) is 3.78. The van der Waals surface area contributed by atoms with Gasteiger partial charge in [-0.3, -0.25) is 0 Å². The molecule has 0 aliphatic rings. The van der Waals surface area contributed by atoms with Crippen molar-refractivity contribution < 1.29 is 22.3 Å². The number of hydrogen-bond acceptors (Lipinski definition) is 5. The minimum Gasteiger partial charge on any atom is -0.505 e. The largest absolute Gasteiger partial charge is 0.505 e. The van der Waals surface area contributed by atoms with Crippen LogP contribution in [0.2, 0.25) is 0 Å². The Morgan fingerprint density at radius 2 is 2.07 bits per heavy atom. The van der Waals surface area contributed by atoms with Crippen LogP contribution in [0.15, 0.2) is 11.1 Å². The zero-order valence-electron chi connectivity index (χ0n) is 6.99. The third-order valence-corrected chi connectivity index (χ3v) is 2.91. The Bertz CT molecular complexity index is 491. The number of nitrogen functional groups attached to an aromatic ring is 1. The summed E-state index contributed by atoms with van der Waals surface area (Å²) in [6.07, 6.45) is -2.50. The van der Waals surface area contributed by atoms with E-state index in [1.54, 1.807) is 0 Å². The van der Waals surface area contributed by atoms with Gasteiger partial charge in [-0.05, 0) is 0 Å². The number of pyridine rings is 1. The van der Waals surface area contributed by atoms with Crippen LogP contribution in [0.25, 0.3) is 0 Å². The van der Waals surface area contributed by atoms with E-state index in [-0.39, 0.29) is 0 Å². The summed E-state index contributed by atoms with van der Waals surface area (Å²) in [5.74, 6) is -0.869. The van der Waals surface area contributed by atoms with Crippen molar-refractivity contribution in [1.29, 1.82) is 0 Å². The molecule has 0 fully saturated rings. The molecule has 1 aromatic rings. The quantitative estimate of drug-likeness (QED) is 0.779. The fourth-order valence-corrected chi connectivity index (χ4v) is 2.10. The molecule has 0 aliphatic carbocycles. The van der Waals surface area contributed by atoms with Gasteiger partial charge in [-0.2, -0.15) is 0 Å². The fourth-order valence-electron chi connectivity index (χ4n) is 0.943. The third kappa shape index (κ3) is 2.26. The van der Waals surface area contributed by atoms with Gasteiger partial charge in [0.15, 0.2) is 10.6 Å². The van der Waals surface area contributed by atoms with Gasteiger partial charge in [-0.1, -0.05) is 0 Å². The molecule has 0 aliphatic heterocycles. The number of aromatic hydroxyl groups is 1. The van der Waals surface area contributed by atoms with Gasteiger partial charge in [0.1, 0.15) is 5.69 Å². The number of halogens is 3. The Morgan fingerprint density at radius 3 is 2.47 bits per heavy atom. The molecule has 0 spiro atoms. The summed E-state index contributed by atoms with van der Waals surface area (Å²) < 4.78 is 46.3. The SMILES string of the molecule is Nc1c(C(F)F)ncc(O)c1S(=O)(=O)Cl. The first-order valence-electron chi connectivity index (χ1n) is 3.45. The van der Waals surface area contributed by atoms with Crippen molar-refractivity contribution >= 4 is 25.4 Å². The van der Waals surface area contributed by atoms with Crippen molar-refractivity contribution in [2.24, 2.45) is 0 Å². The molecule has 1 rings (SSSR count). The molecule has 0 saturated carbocycles. The first-order chi connectivity index (χ1) is 6.75. The number of anilines is 1. The molecular formula is C6H5ClF2N2O3S. The van der Waals surface area contributed by atoms with E-state index < -0.39 is 37.5 Å². The van der Waals surface area contributed by atoms with Crippen LogP contribution in [0, 0.1) is 0 Å². The van der Waals surface area contributed by atoms with Crippen LogP contribution in [0.5, 0.6) is 5.75 Å². The van der Waals surface area contributed by atoms with Gasteiger partial charge in [-0.25, -0.2) is 22.2 Å². The van der Waals surface area contributed by atoms with Crippen molar-refractivity contribution in [3.8, 4) is 5.75 Å². The maximum absolute atomic E-state index is 12.3. The summed E-state index contributed by atoms with van der Waals surface area (Å²) >= 11 is 0. The Balaban J connectivity index is 3.59. The molecule has 1 aromatic heterocycles. The van der Waals surface area contributed by atoms with Gasteiger partial charge in [-0.15, -0.1) is 0 Å². The standard InChI is InChI=1S/C6H5ClF2N2O3S/c7-15(13,14)5-2(12)1-11-4(3(5)10)6(8)9/h1,6,12H,10H2. The molecule has 0 saturated heterocycles. The van der Waals surface area contributed by atoms with Gasteiger partial charge in [0, 0.05) is 10.7 Å². The van der Waals surface area contributed by atoms with E-state index in [0.29, 0.717) is 6.20 Å². The Labute approximate surface area is 87.9 Å². The lowest BCUT2D eigenvalue weighted by atomic mass is 10.3. The first kappa shape index (κ1) is 11.9. The molecule has 0 atom stereocenters. The monoisotopic (exact) mass is 258 g/mol. The van der Waals surface area contributed by atoms with Crippen LogP contribution >= 0.6 is 10.7 Å². The predicted molar refractivity (Wildman–Crippen MR) is 48.3 cm³/mol. The molecule has 9 heteroatoms. The molecule has 1 heterocycles. The number of nitrogens with two attached hydrogens (primary N) is 1. The predicted octanol–water partition coefficient (Wildman–Crippen LogP) is 1.23. The number of nitrogens with zero attached hydrogens (tertiary/aromatic N) is 1. The fraction of sp³-hybridized carbons (Fsp3) is 0.167. The minimum atomic E-state index is -4.40. The number of alkyl halides is 2. The summed E-state index contributed by atoms with van der Waals surface area (Å²) in [5.41, 5.74) is 3.32. The zero-order valence-corrected chi connectivity index (χ0v) is 8.56. The van der Waals surface area contributed by atoms with Gasteiger partial charge in [0.05, 0.1) is 11.9 Å². The number of aromatic nitrogens is 1. The van der Waals surface area contributed by atoms with E-state index in [2.05, 4.69) is 4.98 Å². The maximum atomic E-state index is 12.3.